The Bertz CT molecular complexity index is 427. The van der Waals surface area contributed by atoms with Crippen molar-refractivity contribution >= 4 is 11.6 Å². The Kier molecular flexibility index (Phi) is 7.09. The number of methoxy groups -OCH3 is 2. The summed E-state index contributed by atoms with van der Waals surface area (Å²) in [6, 6.07) is 3.75. The van der Waals surface area contributed by atoms with Gasteiger partial charge in [-0.05, 0) is 25.7 Å². The van der Waals surface area contributed by atoms with Gasteiger partial charge in [0.15, 0.2) is 11.5 Å². The van der Waals surface area contributed by atoms with E-state index in [4.69, 9.17) is 26.8 Å². The Hall–Kier alpha value is -1.01. The standard InChI is InChI=1S/C14H24ClN3O2/c1-18(2)8-7-17-11(9-16)10-5-6-12(19-3)14(20-4)13(10)15/h5-6,11,17H,7-9,16H2,1-4H3. The summed E-state index contributed by atoms with van der Waals surface area (Å²) >= 11 is 6.40. The van der Waals surface area contributed by atoms with Crippen LogP contribution in [0.5, 0.6) is 11.5 Å². The van der Waals surface area contributed by atoms with E-state index >= 15 is 0 Å². The van der Waals surface area contributed by atoms with E-state index in [0.29, 0.717) is 23.1 Å². The van der Waals surface area contributed by atoms with E-state index in [9.17, 15) is 0 Å². The third-order valence-corrected chi connectivity index (χ3v) is 3.47. The summed E-state index contributed by atoms with van der Waals surface area (Å²) in [5.41, 5.74) is 6.77. The van der Waals surface area contributed by atoms with Crippen molar-refractivity contribution in [3.8, 4) is 11.5 Å². The smallest absolute Gasteiger partial charge is 0.179 e. The lowest BCUT2D eigenvalue weighted by Gasteiger charge is -2.21. The Balaban J connectivity index is 2.92. The first-order valence-corrected chi connectivity index (χ1v) is 6.91. The van der Waals surface area contributed by atoms with Gasteiger partial charge in [0.25, 0.3) is 0 Å². The quantitative estimate of drug-likeness (QED) is 0.762. The fraction of sp³-hybridized carbons (Fsp3) is 0.571. The predicted octanol–water partition coefficient (Wildman–Crippen LogP) is 1.51. The van der Waals surface area contributed by atoms with Crippen LogP contribution in [0.1, 0.15) is 11.6 Å². The number of hydrogen-bond donors (Lipinski definition) is 2. The third-order valence-electron chi connectivity index (χ3n) is 3.08. The molecule has 1 unspecified atom stereocenters. The molecule has 0 fully saturated rings. The molecule has 1 rings (SSSR count). The van der Waals surface area contributed by atoms with E-state index in [1.165, 1.54) is 0 Å². The fourth-order valence-corrected chi connectivity index (χ4v) is 2.32. The van der Waals surface area contributed by atoms with Crippen LogP contribution in [0.2, 0.25) is 5.02 Å². The average molecular weight is 302 g/mol. The zero-order chi connectivity index (χ0) is 15.1. The SMILES string of the molecule is COc1ccc(C(CN)NCCN(C)C)c(Cl)c1OC. The van der Waals surface area contributed by atoms with Crippen LogP contribution < -0.4 is 20.5 Å². The molecule has 3 N–H and O–H groups in total. The van der Waals surface area contributed by atoms with Gasteiger partial charge < -0.3 is 25.4 Å². The van der Waals surface area contributed by atoms with Crippen LogP contribution in [-0.4, -0.2) is 52.8 Å². The summed E-state index contributed by atoms with van der Waals surface area (Å²) < 4.78 is 10.5. The molecule has 1 aromatic rings. The van der Waals surface area contributed by atoms with Crippen molar-refractivity contribution in [2.75, 3.05) is 47.9 Å². The van der Waals surface area contributed by atoms with E-state index in [1.807, 2.05) is 26.2 Å². The van der Waals surface area contributed by atoms with Gasteiger partial charge in [-0.1, -0.05) is 17.7 Å². The van der Waals surface area contributed by atoms with Crippen molar-refractivity contribution < 1.29 is 9.47 Å². The zero-order valence-electron chi connectivity index (χ0n) is 12.6. The second kappa shape index (κ2) is 8.32. The molecule has 1 aromatic carbocycles. The van der Waals surface area contributed by atoms with Crippen LogP contribution in [0.15, 0.2) is 12.1 Å². The molecule has 0 spiro atoms. The molecule has 0 aromatic heterocycles. The normalized spacial score (nSPS) is 12.6. The second-order valence-electron chi connectivity index (χ2n) is 4.75. The molecule has 0 heterocycles. The molecule has 0 radical (unpaired) electrons. The lowest BCUT2D eigenvalue weighted by molar-refractivity contribution is 0.353. The highest BCUT2D eigenvalue weighted by Gasteiger charge is 2.18. The Labute approximate surface area is 126 Å². The Morgan fingerprint density at radius 1 is 1.30 bits per heavy atom. The van der Waals surface area contributed by atoms with Crippen molar-refractivity contribution in [1.82, 2.24) is 10.2 Å². The van der Waals surface area contributed by atoms with Crippen LogP contribution in [0.3, 0.4) is 0 Å². The molecule has 114 valence electrons. The molecule has 0 amide bonds. The highest BCUT2D eigenvalue weighted by atomic mass is 35.5. The molecule has 6 heteroatoms. The van der Waals surface area contributed by atoms with Crippen LogP contribution in [0.4, 0.5) is 0 Å². The van der Waals surface area contributed by atoms with Gasteiger partial charge in [-0.25, -0.2) is 0 Å². The third kappa shape index (κ3) is 4.24. The van der Waals surface area contributed by atoms with Gasteiger partial charge in [0.05, 0.1) is 19.2 Å². The van der Waals surface area contributed by atoms with Crippen LogP contribution in [0.25, 0.3) is 0 Å². The minimum atomic E-state index is -0.0118. The minimum Gasteiger partial charge on any atom is -0.493 e. The van der Waals surface area contributed by atoms with Gasteiger partial charge in [-0.2, -0.15) is 0 Å². The molecule has 0 bridgehead atoms. The zero-order valence-corrected chi connectivity index (χ0v) is 13.3. The summed E-state index contributed by atoms with van der Waals surface area (Å²) in [5, 5.41) is 3.94. The molecular weight excluding hydrogens is 278 g/mol. The largest absolute Gasteiger partial charge is 0.493 e. The molecule has 1 atom stereocenters. The van der Waals surface area contributed by atoms with Crippen molar-refractivity contribution in [3.63, 3.8) is 0 Å². The number of benzene rings is 1. The molecule has 0 saturated carbocycles. The summed E-state index contributed by atoms with van der Waals surface area (Å²) in [6.07, 6.45) is 0. The first-order valence-electron chi connectivity index (χ1n) is 6.53. The first-order chi connectivity index (χ1) is 9.54. The molecule has 0 aliphatic rings. The summed E-state index contributed by atoms with van der Waals surface area (Å²) in [4.78, 5) is 2.11. The van der Waals surface area contributed by atoms with Gasteiger partial charge in [-0.15, -0.1) is 0 Å². The van der Waals surface area contributed by atoms with Crippen molar-refractivity contribution in [3.05, 3.63) is 22.7 Å². The average Bonchev–Trinajstić information content (AvgIpc) is 2.43. The molecule has 0 aliphatic heterocycles. The van der Waals surface area contributed by atoms with E-state index in [1.54, 1.807) is 14.2 Å². The van der Waals surface area contributed by atoms with Gasteiger partial charge in [0, 0.05) is 25.7 Å². The van der Waals surface area contributed by atoms with Gasteiger partial charge in [0.2, 0.25) is 0 Å². The maximum absolute atomic E-state index is 6.40. The summed E-state index contributed by atoms with van der Waals surface area (Å²) in [6.45, 7) is 2.23. The molecule has 5 nitrogen and oxygen atoms in total. The first kappa shape index (κ1) is 17.0. The van der Waals surface area contributed by atoms with Crippen LogP contribution in [-0.2, 0) is 0 Å². The fourth-order valence-electron chi connectivity index (χ4n) is 1.96. The number of hydrogen-bond acceptors (Lipinski definition) is 5. The van der Waals surface area contributed by atoms with E-state index in [0.717, 1.165) is 18.7 Å². The van der Waals surface area contributed by atoms with E-state index in [2.05, 4.69) is 10.2 Å². The summed E-state index contributed by atoms with van der Waals surface area (Å²) in [5.74, 6) is 1.16. The monoisotopic (exact) mass is 301 g/mol. The topological polar surface area (TPSA) is 59.8 Å². The Morgan fingerprint density at radius 2 is 2.00 bits per heavy atom. The van der Waals surface area contributed by atoms with Crippen LogP contribution in [0, 0.1) is 0 Å². The van der Waals surface area contributed by atoms with Crippen molar-refractivity contribution in [2.45, 2.75) is 6.04 Å². The molecule has 20 heavy (non-hydrogen) atoms. The number of likely N-dealkylation sites (N-methyl/N-ethyl adjacent to an activating group) is 1. The van der Waals surface area contributed by atoms with Gasteiger partial charge in [0.1, 0.15) is 0 Å². The highest BCUT2D eigenvalue weighted by Crippen LogP contribution is 2.39. The maximum Gasteiger partial charge on any atom is 0.179 e. The number of nitrogens with zero attached hydrogens (tertiary/aromatic N) is 1. The van der Waals surface area contributed by atoms with Gasteiger partial charge in [-0.3, -0.25) is 0 Å². The number of nitrogens with two attached hydrogens (primary N) is 1. The minimum absolute atomic E-state index is 0.0118. The predicted molar refractivity (Wildman–Crippen MR) is 82.9 cm³/mol. The van der Waals surface area contributed by atoms with Gasteiger partial charge >= 0.3 is 0 Å². The molecule has 0 aliphatic carbocycles. The van der Waals surface area contributed by atoms with Crippen molar-refractivity contribution in [2.24, 2.45) is 5.73 Å². The number of halogens is 1. The molecular formula is C14H24ClN3O2. The van der Waals surface area contributed by atoms with E-state index < -0.39 is 0 Å². The van der Waals surface area contributed by atoms with E-state index in [-0.39, 0.29) is 6.04 Å². The Morgan fingerprint density at radius 3 is 2.50 bits per heavy atom. The molecule has 0 saturated heterocycles. The highest BCUT2D eigenvalue weighted by molar-refractivity contribution is 6.33. The lowest BCUT2D eigenvalue weighted by atomic mass is 10.1. The maximum atomic E-state index is 6.40. The number of rotatable bonds is 8. The summed E-state index contributed by atoms with van der Waals surface area (Å²) in [7, 11) is 7.22. The van der Waals surface area contributed by atoms with Crippen LogP contribution >= 0.6 is 11.6 Å². The number of nitrogens with one attached hydrogen (secondary N) is 1. The van der Waals surface area contributed by atoms with Crippen molar-refractivity contribution in [1.29, 1.82) is 0 Å². The number of ether oxygens (including phenoxy) is 2. The lowest BCUT2D eigenvalue weighted by Crippen LogP contribution is -2.33. The second-order valence-corrected chi connectivity index (χ2v) is 5.13.